The Kier molecular flexibility index (Phi) is 1.86. The molecule has 14 heavy (non-hydrogen) atoms. The topological polar surface area (TPSA) is 0 Å². The van der Waals surface area contributed by atoms with Crippen LogP contribution in [0.4, 0.5) is 0 Å². The first kappa shape index (κ1) is 9.83. The molecule has 0 saturated carbocycles. The third-order valence-corrected chi connectivity index (χ3v) is 4.43. The van der Waals surface area contributed by atoms with E-state index in [-0.39, 0.29) is 0 Å². The summed E-state index contributed by atoms with van der Waals surface area (Å²) in [6.45, 7) is 12.4. The van der Waals surface area contributed by atoms with Gasteiger partial charge in [0.05, 0.1) is 0 Å². The van der Waals surface area contributed by atoms with Crippen molar-refractivity contribution < 1.29 is 0 Å². The minimum absolute atomic E-state index is 0.461. The van der Waals surface area contributed by atoms with E-state index in [2.05, 4.69) is 58.9 Å². The Morgan fingerprint density at radius 2 is 1.29 bits per heavy atom. The molecule has 1 saturated heterocycles. The van der Waals surface area contributed by atoms with Crippen LogP contribution in [0.3, 0.4) is 0 Å². The van der Waals surface area contributed by atoms with Crippen LogP contribution >= 0.6 is 0 Å². The van der Waals surface area contributed by atoms with Crippen molar-refractivity contribution in [3.63, 3.8) is 0 Å². The zero-order valence-electron chi connectivity index (χ0n) is 9.89. The largest absolute Gasteiger partial charge is 0.187 e. The summed E-state index contributed by atoms with van der Waals surface area (Å²) >= 11 is 0. The maximum atomic E-state index is 2.37. The molecule has 0 radical (unpaired) electrons. The van der Waals surface area contributed by atoms with E-state index in [9.17, 15) is 0 Å². The Labute approximate surface area is 87.8 Å². The van der Waals surface area contributed by atoms with Gasteiger partial charge in [-0.15, -0.1) is 0 Å². The van der Waals surface area contributed by atoms with Crippen molar-refractivity contribution in [3.05, 3.63) is 29.8 Å². The molecule has 0 aliphatic carbocycles. The van der Waals surface area contributed by atoms with Crippen LogP contribution in [0.5, 0.6) is 0 Å². The van der Waals surface area contributed by atoms with Crippen LogP contribution in [0.1, 0.15) is 33.3 Å². The number of hydrogen-bond acceptors (Lipinski definition) is 0. The molecule has 74 valence electrons. The van der Waals surface area contributed by atoms with Gasteiger partial charge in [0.15, 0.2) is 6.71 Å². The van der Waals surface area contributed by atoms with Gasteiger partial charge in [-0.05, 0) is 6.92 Å². The minimum atomic E-state index is 0.461. The number of hydrogen-bond donors (Lipinski definition) is 0. The predicted octanol–water partition coefficient (Wildman–Crippen LogP) is 3.27. The van der Waals surface area contributed by atoms with Gasteiger partial charge in [-0.3, -0.25) is 0 Å². The molecular weight excluding hydrogens is 167 g/mol. The van der Waals surface area contributed by atoms with Gasteiger partial charge in [-0.25, -0.2) is 0 Å². The second-order valence-electron chi connectivity index (χ2n) is 5.79. The maximum absolute atomic E-state index is 2.37. The Balaban J connectivity index is 2.32. The smallest absolute Gasteiger partial charge is 0.0789 e. The third-order valence-electron chi connectivity index (χ3n) is 4.43. The van der Waals surface area contributed by atoms with Crippen molar-refractivity contribution in [2.75, 3.05) is 0 Å². The van der Waals surface area contributed by atoms with E-state index in [1.54, 1.807) is 0 Å². The fraction of sp³-hybridized carbons (Fsp3) is 0.538. The van der Waals surface area contributed by atoms with Gasteiger partial charge < -0.3 is 0 Å². The molecule has 0 unspecified atom stereocenters. The second-order valence-corrected chi connectivity index (χ2v) is 5.79. The highest BCUT2D eigenvalue weighted by atomic mass is 14.5. The second kappa shape index (κ2) is 2.65. The molecule has 0 amide bonds. The van der Waals surface area contributed by atoms with E-state index in [4.69, 9.17) is 0 Å². The van der Waals surface area contributed by atoms with Gasteiger partial charge in [0.2, 0.25) is 0 Å². The molecule has 1 heterocycles. The van der Waals surface area contributed by atoms with E-state index in [1.165, 1.54) is 11.0 Å². The molecule has 1 aliphatic heterocycles. The first-order valence-corrected chi connectivity index (χ1v) is 5.44. The maximum Gasteiger partial charge on any atom is 0.187 e. The van der Waals surface area contributed by atoms with E-state index in [0.29, 0.717) is 10.6 Å². The summed E-state index contributed by atoms with van der Waals surface area (Å²) in [6, 6.07) is 9.02. The fourth-order valence-electron chi connectivity index (χ4n) is 2.79. The summed E-state index contributed by atoms with van der Waals surface area (Å²) < 4.78 is 0. The third kappa shape index (κ3) is 1.15. The molecule has 1 aromatic carbocycles. The zero-order chi connectivity index (χ0) is 10.6. The van der Waals surface area contributed by atoms with Crippen LogP contribution in [-0.2, 0) is 0 Å². The van der Waals surface area contributed by atoms with Crippen molar-refractivity contribution in [1.29, 1.82) is 0 Å². The monoisotopic (exact) mass is 186 g/mol. The van der Waals surface area contributed by atoms with Crippen LogP contribution in [0.15, 0.2) is 24.3 Å². The average Bonchev–Trinajstić information content (AvgIpc) is 2.46. The summed E-state index contributed by atoms with van der Waals surface area (Å²) in [7, 11) is 0. The van der Waals surface area contributed by atoms with Crippen LogP contribution in [-0.4, -0.2) is 6.71 Å². The molecule has 0 spiro atoms. The summed E-state index contributed by atoms with van der Waals surface area (Å²) in [5.41, 5.74) is 2.86. The quantitative estimate of drug-likeness (QED) is 0.590. The lowest BCUT2D eigenvalue weighted by atomic mass is 9.53. The lowest BCUT2D eigenvalue weighted by molar-refractivity contribution is 0.628. The standard InChI is InChI=1S/C13H19B/c1-10-6-8-11(9-7-10)14-12(2,3)13(14,4)5/h6-9H,1-5H3. The van der Waals surface area contributed by atoms with Gasteiger partial charge >= 0.3 is 0 Å². The average molecular weight is 186 g/mol. The number of benzene rings is 1. The van der Waals surface area contributed by atoms with Gasteiger partial charge in [0, 0.05) is 0 Å². The Morgan fingerprint density at radius 1 is 0.857 bits per heavy atom. The molecule has 0 aromatic heterocycles. The molecule has 0 N–H and O–H groups in total. The summed E-state index contributed by atoms with van der Waals surface area (Å²) in [5.74, 6) is 0. The van der Waals surface area contributed by atoms with E-state index in [1.807, 2.05) is 0 Å². The van der Waals surface area contributed by atoms with Crippen molar-refractivity contribution in [2.24, 2.45) is 0 Å². The van der Waals surface area contributed by atoms with Crippen molar-refractivity contribution in [1.82, 2.24) is 0 Å². The highest BCUT2D eigenvalue weighted by Gasteiger charge is 2.67. The predicted molar refractivity (Wildman–Crippen MR) is 64.6 cm³/mol. The summed E-state index contributed by atoms with van der Waals surface area (Å²) in [4.78, 5) is 0. The van der Waals surface area contributed by atoms with Gasteiger partial charge in [0.25, 0.3) is 0 Å². The number of rotatable bonds is 1. The van der Waals surface area contributed by atoms with Crippen LogP contribution in [0, 0.1) is 6.92 Å². The molecule has 1 fully saturated rings. The Hall–Kier alpha value is -0.715. The lowest BCUT2D eigenvalue weighted by Gasteiger charge is -2.06. The Bertz CT molecular complexity index is 332. The molecule has 1 aromatic rings. The summed E-state index contributed by atoms with van der Waals surface area (Å²) in [5, 5.41) is 0.921. The van der Waals surface area contributed by atoms with Crippen molar-refractivity contribution >= 4 is 12.2 Å². The molecule has 0 atom stereocenters. The van der Waals surface area contributed by atoms with E-state index >= 15 is 0 Å². The molecule has 2 rings (SSSR count). The fourth-order valence-corrected chi connectivity index (χ4v) is 2.79. The normalized spacial score (nSPS) is 22.2. The molecular formula is C13H19B. The lowest BCUT2D eigenvalue weighted by Crippen LogP contribution is -2.19. The molecule has 0 bridgehead atoms. The van der Waals surface area contributed by atoms with Crippen LogP contribution in [0.2, 0.25) is 10.6 Å². The highest BCUT2D eigenvalue weighted by Crippen LogP contribution is 2.73. The zero-order valence-corrected chi connectivity index (χ0v) is 9.89. The van der Waals surface area contributed by atoms with Crippen molar-refractivity contribution in [2.45, 2.75) is 45.2 Å². The van der Waals surface area contributed by atoms with Gasteiger partial charge in [0.1, 0.15) is 0 Å². The van der Waals surface area contributed by atoms with Crippen LogP contribution < -0.4 is 5.46 Å². The molecule has 1 aliphatic rings. The van der Waals surface area contributed by atoms with Crippen LogP contribution in [0.25, 0.3) is 0 Å². The number of aryl methyl sites for hydroxylation is 1. The Morgan fingerprint density at radius 3 is 1.64 bits per heavy atom. The first-order valence-electron chi connectivity index (χ1n) is 5.44. The van der Waals surface area contributed by atoms with Gasteiger partial charge in [-0.1, -0.05) is 73.6 Å². The SMILES string of the molecule is Cc1ccc(B2C(C)(C)C2(C)C)cc1. The van der Waals surface area contributed by atoms with Crippen molar-refractivity contribution in [3.8, 4) is 0 Å². The first-order chi connectivity index (χ1) is 6.37. The minimum Gasteiger partial charge on any atom is -0.0789 e. The van der Waals surface area contributed by atoms with Gasteiger partial charge in [-0.2, -0.15) is 0 Å². The summed E-state index contributed by atoms with van der Waals surface area (Å²) in [6.07, 6.45) is 0. The molecule has 1 heteroatoms. The molecule has 0 nitrogen and oxygen atoms in total. The highest BCUT2D eigenvalue weighted by molar-refractivity contribution is 6.89. The van der Waals surface area contributed by atoms with E-state index in [0.717, 1.165) is 6.71 Å². The van der Waals surface area contributed by atoms with E-state index < -0.39 is 0 Å².